The van der Waals surface area contributed by atoms with Gasteiger partial charge in [0.2, 0.25) is 0 Å². The van der Waals surface area contributed by atoms with Gasteiger partial charge in [-0.15, -0.1) is 0 Å². The molecule has 2 aromatic heterocycles. The minimum absolute atomic E-state index is 0.00722. The van der Waals surface area contributed by atoms with Crippen LogP contribution in [0.4, 0.5) is 5.69 Å². The molecule has 0 bridgehead atoms. The van der Waals surface area contributed by atoms with Crippen molar-refractivity contribution in [2.24, 2.45) is 0 Å². The van der Waals surface area contributed by atoms with Gasteiger partial charge in [0.25, 0.3) is 5.69 Å². The van der Waals surface area contributed by atoms with Crippen molar-refractivity contribution < 1.29 is 4.92 Å². The zero-order valence-electron chi connectivity index (χ0n) is 8.64. The second-order valence-corrected chi connectivity index (χ2v) is 3.77. The maximum atomic E-state index is 11.6. The molecule has 0 saturated carbocycles. The molecule has 0 saturated heterocycles. The molecule has 84 valence electrons. The molecule has 0 unspecified atom stereocenters. The number of H-pyrrole nitrogens is 1. The van der Waals surface area contributed by atoms with Crippen molar-refractivity contribution >= 4 is 28.7 Å². The third-order valence-corrected chi connectivity index (χ3v) is 2.77. The Kier molecular flexibility index (Phi) is 1.66. The van der Waals surface area contributed by atoms with Gasteiger partial charge in [0.1, 0.15) is 0 Å². The molecular weight excluding hydrogens is 222 g/mol. The van der Waals surface area contributed by atoms with Crippen LogP contribution in [0.5, 0.6) is 0 Å². The summed E-state index contributed by atoms with van der Waals surface area (Å²) in [7, 11) is 0. The second kappa shape index (κ2) is 2.94. The number of fused-ring (bicyclic) bond motifs is 3. The molecule has 1 N–H and O–H groups in total. The minimum Gasteiger partial charge on any atom is -0.306 e. The maximum absolute atomic E-state index is 11.6. The summed E-state index contributed by atoms with van der Waals surface area (Å²) >= 11 is 0. The predicted molar refractivity (Wildman–Crippen MR) is 62.9 cm³/mol. The molecule has 0 amide bonds. The topological polar surface area (TPSA) is 80.4 Å². The monoisotopic (exact) mass is 229 g/mol. The molecule has 2 heterocycles. The number of benzene rings is 1. The van der Waals surface area contributed by atoms with E-state index in [1.807, 2.05) is 0 Å². The maximum Gasteiger partial charge on any atom is 0.331 e. The molecule has 6 heteroatoms. The Morgan fingerprint density at radius 3 is 2.76 bits per heavy atom. The lowest BCUT2D eigenvalue weighted by Gasteiger charge is -1.92. The van der Waals surface area contributed by atoms with Gasteiger partial charge >= 0.3 is 5.69 Å². The van der Waals surface area contributed by atoms with Crippen LogP contribution in [0.3, 0.4) is 0 Å². The number of imidazole rings is 1. The quantitative estimate of drug-likeness (QED) is 0.495. The number of nitro groups is 1. The first kappa shape index (κ1) is 9.59. The van der Waals surface area contributed by atoms with E-state index in [0.717, 1.165) is 0 Å². The number of nitrogens with zero attached hydrogens (tertiary/aromatic N) is 2. The lowest BCUT2D eigenvalue weighted by molar-refractivity contribution is -0.384. The Morgan fingerprint density at radius 2 is 2.06 bits per heavy atom. The zero-order valence-corrected chi connectivity index (χ0v) is 8.64. The van der Waals surface area contributed by atoms with E-state index in [4.69, 9.17) is 0 Å². The number of hydrogen-bond donors (Lipinski definition) is 1. The van der Waals surface area contributed by atoms with Crippen molar-refractivity contribution in [3.8, 4) is 0 Å². The Hall–Kier alpha value is -2.63. The van der Waals surface area contributed by atoms with Crippen LogP contribution in [-0.4, -0.2) is 14.3 Å². The van der Waals surface area contributed by atoms with Crippen molar-refractivity contribution in [1.82, 2.24) is 9.38 Å². The van der Waals surface area contributed by atoms with Crippen LogP contribution in [0.25, 0.3) is 23.0 Å². The highest BCUT2D eigenvalue weighted by atomic mass is 16.6. The number of nitrogens with one attached hydrogen (secondary N) is 1. The third kappa shape index (κ3) is 1.17. The molecule has 1 aromatic carbocycles. The number of rotatable bonds is 1. The summed E-state index contributed by atoms with van der Waals surface area (Å²) in [6, 6.07) is 6.10. The van der Waals surface area contributed by atoms with Crippen molar-refractivity contribution in [1.29, 1.82) is 0 Å². The van der Waals surface area contributed by atoms with Gasteiger partial charge in [0, 0.05) is 17.5 Å². The predicted octanol–water partition coefficient (Wildman–Crippen LogP) is 0.818. The number of hydrogen-bond acceptors (Lipinski definition) is 3. The van der Waals surface area contributed by atoms with E-state index in [0.29, 0.717) is 21.8 Å². The molecule has 0 aliphatic rings. The normalized spacial score (nSPS) is 11.3. The largest absolute Gasteiger partial charge is 0.331 e. The molecule has 3 rings (SSSR count). The Bertz CT molecular complexity index is 859. The molecule has 17 heavy (non-hydrogen) atoms. The highest BCUT2D eigenvalue weighted by Crippen LogP contribution is 2.22. The lowest BCUT2D eigenvalue weighted by atomic mass is 10.2. The Labute approximate surface area is 93.9 Å². The average molecular weight is 229 g/mol. The van der Waals surface area contributed by atoms with Gasteiger partial charge in [0.05, 0.1) is 21.3 Å². The van der Waals surface area contributed by atoms with Crippen LogP contribution in [0.2, 0.25) is 0 Å². The van der Waals surface area contributed by atoms with Gasteiger partial charge in [-0.05, 0) is 12.1 Å². The first-order valence-electron chi connectivity index (χ1n) is 4.88. The molecule has 0 spiro atoms. The molecule has 6 nitrogen and oxygen atoms in total. The van der Waals surface area contributed by atoms with E-state index in [1.165, 1.54) is 16.5 Å². The molecule has 3 aromatic rings. The van der Waals surface area contributed by atoms with Gasteiger partial charge in [-0.3, -0.25) is 14.5 Å². The summed E-state index contributed by atoms with van der Waals surface area (Å²) in [5.41, 5.74) is 1.01. The SMILES string of the molecule is C=c1[nH]c(=O)n2c1cc1cc([N+](=O)[O-])ccc12. The van der Waals surface area contributed by atoms with E-state index in [-0.39, 0.29) is 11.4 Å². The standard InChI is InChI=1S/C11H7N3O3/c1-6-10-5-7-4-8(14(16)17)2-3-9(7)13(10)11(15)12-6/h2-5H,1H2,(H,12,15). The number of aromatic amines is 1. The van der Waals surface area contributed by atoms with Crippen molar-refractivity contribution in [2.45, 2.75) is 0 Å². The van der Waals surface area contributed by atoms with E-state index in [9.17, 15) is 14.9 Å². The lowest BCUT2D eigenvalue weighted by Crippen LogP contribution is -2.10. The zero-order chi connectivity index (χ0) is 12.2. The summed E-state index contributed by atoms with van der Waals surface area (Å²) in [6.07, 6.45) is 0. The van der Waals surface area contributed by atoms with Crippen LogP contribution in [0.1, 0.15) is 0 Å². The number of non-ortho nitro benzene ring substituents is 1. The molecule has 0 radical (unpaired) electrons. The second-order valence-electron chi connectivity index (χ2n) is 3.77. The summed E-state index contributed by atoms with van der Waals surface area (Å²) in [5.74, 6) is 0. The van der Waals surface area contributed by atoms with Crippen molar-refractivity contribution in [3.05, 3.63) is 50.2 Å². The van der Waals surface area contributed by atoms with Gasteiger partial charge < -0.3 is 4.98 Å². The molecule has 0 aliphatic carbocycles. The minimum atomic E-state index is -0.461. The Morgan fingerprint density at radius 1 is 1.29 bits per heavy atom. The van der Waals surface area contributed by atoms with Crippen LogP contribution >= 0.6 is 0 Å². The highest BCUT2D eigenvalue weighted by molar-refractivity contribution is 5.88. The van der Waals surface area contributed by atoms with Gasteiger partial charge in [-0.1, -0.05) is 6.58 Å². The van der Waals surface area contributed by atoms with Crippen LogP contribution in [0.15, 0.2) is 29.1 Å². The fraction of sp³-hybridized carbons (Fsp3) is 0. The van der Waals surface area contributed by atoms with Crippen LogP contribution in [-0.2, 0) is 0 Å². The fourth-order valence-electron chi connectivity index (χ4n) is 2.01. The molecule has 0 atom stereocenters. The van der Waals surface area contributed by atoms with Crippen molar-refractivity contribution in [2.75, 3.05) is 0 Å². The van der Waals surface area contributed by atoms with Gasteiger partial charge in [0.15, 0.2) is 0 Å². The number of aromatic nitrogens is 2. The van der Waals surface area contributed by atoms with Gasteiger partial charge in [-0.25, -0.2) is 4.79 Å². The Balaban J connectivity index is 2.52. The molecular formula is C11H7N3O3. The van der Waals surface area contributed by atoms with Crippen molar-refractivity contribution in [3.63, 3.8) is 0 Å². The first-order valence-corrected chi connectivity index (χ1v) is 4.88. The smallest absolute Gasteiger partial charge is 0.306 e. The molecule has 0 aliphatic heterocycles. The first-order chi connectivity index (χ1) is 8.08. The summed E-state index contributed by atoms with van der Waals surface area (Å²) in [6.45, 7) is 3.71. The van der Waals surface area contributed by atoms with Gasteiger partial charge in [-0.2, -0.15) is 0 Å². The van der Waals surface area contributed by atoms with Crippen LogP contribution < -0.4 is 11.0 Å². The van der Waals surface area contributed by atoms with E-state index in [2.05, 4.69) is 11.6 Å². The molecule has 0 fully saturated rings. The summed E-state index contributed by atoms with van der Waals surface area (Å²) < 4.78 is 1.46. The average Bonchev–Trinajstić information content (AvgIpc) is 2.77. The van der Waals surface area contributed by atoms with E-state index in [1.54, 1.807) is 12.1 Å². The fourth-order valence-corrected chi connectivity index (χ4v) is 2.01. The summed E-state index contributed by atoms with van der Waals surface area (Å²) in [5, 5.41) is 11.8. The van der Waals surface area contributed by atoms with Crippen LogP contribution in [0, 0.1) is 10.1 Å². The van der Waals surface area contributed by atoms with E-state index < -0.39 is 4.92 Å². The van der Waals surface area contributed by atoms with E-state index >= 15 is 0 Å². The highest BCUT2D eigenvalue weighted by Gasteiger charge is 2.12. The number of nitro benzene ring substituents is 1. The third-order valence-electron chi connectivity index (χ3n) is 2.77. The summed E-state index contributed by atoms with van der Waals surface area (Å²) in [4.78, 5) is 24.4.